The van der Waals surface area contributed by atoms with Gasteiger partial charge in [0, 0.05) is 6.04 Å². The smallest absolute Gasteiger partial charge is 0.0323 e. The third-order valence-electron chi connectivity index (χ3n) is 5.11. The van der Waals surface area contributed by atoms with Crippen molar-refractivity contribution in [1.29, 1.82) is 0 Å². The topological polar surface area (TPSA) is 26.0 Å². The van der Waals surface area contributed by atoms with Gasteiger partial charge in [-0.2, -0.15) is 0 Å². The van der Waals surface area contributed by atoms with E-state index in [4.69, 9.17) is 5.73 Å². The number of benzene rings is 1. The molecular weight excluding hydrogens is 242 g/mol. The molecule has 0 bridgehead atoms. The average molecular weight is 273 g/mol. The summed E-state index contributed by atoms with van der Waals surface area (Å²) in [5.41, 5.74) is 9.30. The first-order chi connectivity index (χ1) is 9.74. The van der Waals surface area contributed by atoms with E-state index in [1.54, 1.807) is 0 Å². The van der Waals surface area contributed by atoms with Crippen LogP contribution in [0.4, 0.5) is 0 Å². The number of unbranched alkanes of at least 4 members (excludes halogenated alkanes) is 1. The zero-order valence-electron chi connectivity index (χ0n) is 13.3. The highest BCUT2D eigenvalue weighted by Gasteiger charge is 2.26. The summed E-state index contributed by atoms with van der Waals surface area (Å²) in [6, 6.07) is 9.15. The van der Waals surface area contributed by atoms with Crippen molar-refractivity contribution >= 4 is 0 Å². The molecule has 0 aromatic heterocycles. The van der Waals surface area contributed by atoms with E-state index < -0.39 is 0 Å². The highest BCUT2D eigenvalue weighted by Crippen LogP contribution is 2.37. The average Bonchev–Trinajstić information content (AvgIpc) is 2.52. The molecule has 1 unspecified atom stereocenters. The molecule has 2 rings (SSSR count). The summed E-state index contributed by atoms with van der Waals surface area (Å²) >= 11 is 0. The Balaban J connectivity index is 1.89. The molecular formula is C19H31N. The van der Waals surface area contributed by atoms with Gasteiger partial charge in [0.2, 0.25) is 0 Å². The van der Waals surface area contributed by atoms with Crippen molar-refractivity contribution in [3.8, 4) is 0 Å². The molecule has 1 aromatic rings. The summed E-state index contributed by atoms with van der Waals surface area (Å²) in [5, 5.41) is 0. The molecule has 20 heavy (non-hydrogen) atoms. The largest absolute Gasteiger partial charge is 0.324 e. The predicted molar refractivity (Wildman–Crippen MR) is 87.7 cm³/mol. The fraction of sp³-hybridized carbons (Fsp3) is 0.684. The van der Waals surface area contributed by atoms with E-state index in [1.165, 1.54) is 56.1 Å². The Morgan fingerprint density at radius 3 is 2.55 bits per heavy atom. The monoisotopic (exact) mass is 273 g/mol. The molecule has 1 saturated carbocycles. The molecule has 0 amide bonds. The van der Waals surface area contributed by atoms with Gasteiger partial charge in [0.1, 0.15) is 0 Å². The lowest BCUT2D eigenvalue weighted by atomic mass is 9.75. The maximum absolute atomic E-state index is 6.54. The minimum absolute atomic E-state index is 0.244. The summed E-state index contributed by atoms with van der Waals surface area (Å²) in [7, 11) is 0. The zero-order valence-corrected chi connectivity index (χ0v) is 13.3. The Bertz CT molecular complexity index is 391. The third-order valence-corrected chi connectivity index (χ3v) is 5.11. The van der Waals surface area contributed by atoms with Gasteiger partial charge in [-0.1, -0.05) is 70.2 Å². The second kappa shape index (κ2) is 7.83. The van der Waals surface area contributed by atoms with Crippen LogP contribution in [0.1, 0.15) is 76.0 Å². The molecule has 1 aromatic carbocycles. The first kappa shape index (κ1) is 15.6. The Hall–Kier alpha value is -0.820. The van der Waals surface area contributed by atoms with Crippen LogP contribution in [-0.4, -0.2) is 0 Å². The van der Waals surface area contributed by atoms with Crippen LogP contribution in [0.25, 0.3) is 0 Å². The molecule has 1 nitrogen and oxygen atoms in total. The van der Waals surface area contributed by atoms with Crippen molar-refractivity contribution in [2.45, 2.75) is 71.3 Å². The van der Waals surface area contributed by atoms with Crippen molar-refractivity contribution in [2.24, 2.45) is 17.6 Å². The number of aryl methyl sites for hydroxylation is 1. The maximum Gasteiger partial charge on any atom is 0.0323 e. The van der Waals surface area contributed by atoms with Gasteiger partial charge < -0.3 is 5.73 Å². The molecule has 0 radical (unpaired) electrons. The van der Waals surface area contributed by atoms with Crippen LogP contribution in [0.2, 0.25) is 0 Å². The van der Waals surface area contributed by atoms with Crippen molar-refractivity contribution in [2.75, 3.05) is 0 Å². The summed E-state index contributed by atoms with van der Waals surface area (Å²) in [5.74, 6) is 1.67. The van der Waals surface area contributed by atoms with Gasteiger partial charge in [-0.25, -0.2) is 0 Å². The molecule has 1 atom stereocenters. The lowest BCUT2D eigenvalue weighted by Crippen LogP contribution is -2.26. The van der Waals surface area contributed by atoms with Gasteiger partial charge in [0.15, 0.2) is 0 Å². The van der Waals surface area contributed by atoms with E-state index in [-0.39, 0.29) is 6.04 Å². The molecule has 0 aliphatic heterocycles. The molecule has 1 heteroatoms. The van der Waals surface area contributed by atoms with Crippen molar-refractivity contribution in [3.63, 3.8) is 0 Å². The lowest BCUT2D eigenvalue weighted by Gasteiger charge is -2.32. The van der Waals surface area contributed by atoms with Crippen LogP contribution in [-0.2, 0) is 6.42 Å². The minimum Gasteiger partial charge on any atom is -0.324 e. The van der Waals surface area contributed by atoms with Crippen molar-refractivity contribution in [3.05, 3.63) is 35.4 Å². The number of hydrogen-bond donors (Lipinski definition) is 1. The summed E-state index contributed by atoms with van der Waals surface area (Å²) in [6.07, 6.45) is 10.7. The quantitative estimate of drug-likeness (QED) is 0.753. The Morgan fingerprint density at radius 1 is 1.15 bits per heavy atom. The minimum atomic E-state index is 0.244. The van der Waals surface area contributed by atoms with Crippen molar-refractivity contribution < 1.29 is 0 Å². The van der Waals surface area contributed by atoms with E-state index >= 15 is 0 Å². The Morgan fingerprint density at radius 2 is 1.90 bits per heavy atom. The molecule has 0 saturated heterocycles. The molecule has 2 N–H and O–H groups in total. The summed E-state index contributed by atoms with van der Waals surface area (Å²) in [6.45, 7) is 4.51. The fourth-order valence-electron chi connectivity index (χ4n) is 3.62. The van der Waals surface area contributed by atoms with Crippen LogP contribution in [0.3, 0.4) is 0 Å². The third kappa shape index (κ3) is 4.09. The molecule has 1 fully saturated rings. The van der Waals surface area contributed by atoms with Crippen molar-refractivity contribution in [1.82, 2.24) is 0 Å². The number of nitrogens with two attached hydrogens (primary N) is 1. The molecule has 0 heterocycles. The maximum atomic E-state index is 6.54. The Labute approximate surface area is 125 Å². The van der Waals surface area contributed by atoms with Crippen LogP contribution in [0, 0.1) is 11.8 Å². The predicted octanol–water partition coefficient (Wildman–Crippen LogP) is 5.25. The van der Waals surface area contributed by atoms with E-state index in [2.05, 4.69) is 38.1 Å². The molecule has 112 valence electrons. The zero-order chi connectivity index (χ0) is 14.4. The Kier molecular flexibility index (Phi) is 6.09. The van der Waals surface area contributed by atoms with Gasteiger partial charge in [0.05, 0.1) is 0 Å². The molecule has 1 aliphatic carbocycles. The number of hydrogen-bond acceptors (Lipinski definition) is 1. The van der Waals surface area contributed by atoms with Crippen LogP contribution < -0.4 is 5.73 Å². The van der Waals surface area contributed by atoms with Gasteiger partial charge in [-0.3, -0.25) is 0 Å². The van der Waals surface area contributed by atoms with Crippen LogP contribution in [0.5, 0.6) is 0 Å². The fourth-order valence-corrected chi connectivity index (χ4v) is 3.62. The number of rotatable bonds is 6. The van der Waals surface area contributed by atoms with E-state index in [0.29, 0.717) is 5.92 Å². The highest BCUT2D eigenvalue weighted by molar-refractivity contribution is 5.26. The normalized spacial score (nSPS) is 24.6. The van der Waals surface area contributed by atoms with E-state index in [1.807, 2.05) is 0 Å². The molecule has 0 spiro atoms. The standard InChI is InChI=1S/C19H31N/c1-3-5-7-16-10-12-17(13-11-16)19(20)18-9-6-8-15(4-2)14-18/h6,8-9,14,16-17,19H,3-5,7,10-13,20H2,1-2H3. The summed E-state index contributed by atoms with van der Waals surface area (Å²) in [4.78, 5) is 0. The van der Waals surface area contributed by atoms with Gasteiger partial charge in [-0.05, 0) is 42.2 Å². The van der Waals surface area contributed by atoms with Gasteiger partial charge >= 0.3 is 0 Å². The summed E-state index contributed by atoms with van der Waals surface area (Å²) < 4.78 is 0. The first-order valence-corrected chi connectivity index (χ1v) is 8.59. The van der Waals surface area contributed by atoms with Crippen LogP contribution >= 0.6 is 0 Å². The molecule has 1 aliphatic rings. The second-order valence-electron chi connectivity index (χ2n) is 6.55. The van der Waals surface area contributed by atoms with Crippen LogP contribution in [0.15, 0.2) is 24.3 Å². The van der Waals surface area contributed by atoms with E-state index in [9.17, 15) is 0 Å². The van der Waals surface area contributed by atoms with Gasteiger partial charge in [-0.15, -0.1) is 0 Å². The second-order valence-corrected chi connectivity index (χ2v) is 6.55. The highest BCUT2D eigenvalue weighted by atomic mass is 14.7. The first-order valence-electron chi connectivity index (χ1n) is 8.59. The lowest BCUT2D eigenvalue weighted by molar-refractivity contribution is 0.232. The van der Waals surface area contributed by atoms with Gasteiger partial charge in [0.25, 0.3) is 0 Å². The van der Waals surface area contributed by atoms with E-state index in [0.717, 1.165) is 12.3 Å². The SMILES string of the molecule is CCCCC1CCC(C(N)c2cccc(CC)c2)CC1.